The second-order valence-electron chi connectivity index (χ2n) is 6.46. The minimum atomic E-state index is -0.676. The van der Waals surface area contributed by atoms with Gasteiger partial charge in [-0.15, -0.1) is 0 Å². The van der Waals surface area contributed by atoms with Crippen LogP contribution in [0.15, 0.2) is 24.3 Å². The maximum Gasteiger partial charge on any atom is 0.238 e. The van der Waals surface area contributed by atoms with Gasteiger partial charge in [0.2, 0.25) is 5.91 Å². The molecule has 0 saturated heterocycles. The van der Waals surface area contributed by atoms with Crippen molar-refractivity contribution in [1.29, 1.82) is 5.26 Å². The van der Waals surface area contributed by atoms with Crippen LogP contribution in [0.5, 0.6) is 0 Å². The molecule has 4 nitrogen and oxygen atoms in total. The van der Waals surface area contributed by atoms with Crippen molar-refractivity contribution >= 4 is 17.5 Å². The standard InChI is InChI=1S/C18H24ClN3O/c1-14(22(2)12-15-6-8-16(19)9-7-15)17(23)21-18(13-20)10-4-3-5-11-18/h6-9,14H,3-5,10-12H2,1-2H3,(H,21,23)/t14-/m1/s1. The summed E-state index contributed by atoms with van der Waals surface area (Å²) in [5.74, 6) is -0.0788. The van der Waals surface area contributed by atoms with E-state index in [1.165, 1.54) is 0 Å². The summed E-state index contributed by atoms with van der Waals surface area (Å²) < 4.78 is 0. The van der Waals surface area contributed by atoms with Crippen LogP contribution in [0.3, 0.4) is 0 Å². The molecule has 23 heavy (non-hydrogen) atoms. The zero-order valence-electron chi connectivity index (χ0n) is 13.8. The van der Waals surface area contributed by atoms with E-state index >= 15 is 0 Å². The molecule has 0 bridgehead atoms. The SMILES string of the molecule is C[C@H](C(=O)NC1(C#N)CCCCC1)N(C)Cc1ccc(Cl)cc1. The maximum absolute atomic E-state index is 12.5. The fourth-order valence-corrected chi connectivity index (χ4v) is 3.10. The number of rotatable bonds is 5. The minimum Gasteiger partial charge on any atom is -0.336 e. The van der Waals surface area contributed by atoms with E-state index in [0.29, 0.717) is 11.6 Å². The Hall–Kier alpha value is -1.57. The van der Waals surface area contributed by atoms with Crippen LogP contribution >= 0.6 is 11.6 Å². The van der Waals surface area contributed by atoms with E-state index in [2.05, 4.69) is 11.4 Å². The molecule has 1 atom stereocenters. The van der Waals surface area contributed by atoms with E-state index in [1.54, 1.807) is 0 Å². The molecule has 2 rings (SSSR count). The molecule has 1 saturated carbocycles. The van der Waals surface area contributed by atoms with E-state index < -0.39 is 5.54 Å². The number of amides is 1. The Morgan fingerprint density at radius 3 is 2.52 bits per heavy atom. The van der Waals surface area contributed by atoms with Gasteiger partial charge >= 0.3 is 0 Å². The van der Waals surface area contributed by atoms with Crippen molar-refractivity contribution in [3.8, 4) is 6.07 Å². The second-order valence-corrected chi connectivity index (χ2v) is 6.90. The summed E-state index contributed by atoms with van der Waals surface area (Å²) in [6.07, 6.45) is 4.66. The van der Waals surface area contributed by atoms with Crippen molar-refractivity contribution in [3.63, 3.8) is 0 Å². The Kier molecular flexibility index (Phi) is 6.04. The number of nitrogens with one attached hydrogen (secondary N) is 1. The average Bonchev–Trinajstić information content (AvgIpc) is 2.57. The first-order valence-corrected chi connectivity index (χ1v) is 8.51. The largest absolute Gasteiger partial charge is 0.336 e. The lowest BCUT2D eigenvalue weighted by atomic mass is 9.82. The number of nitrogens with zero attached hydrogens (tertiary/aromatic N) is 2. The van der Waals surface area contributed by atoms with Crippen molar-refractivity contribution in [2.45, 2.75) is 57.2 Å². The van der Waals surface area contributed by atoms with Crippen molar-refractivity contribution < 1.29 is 4.79 Å². The fourth-order valence-electron chi connectivity index (χ4n) is 2.98. The van der Waals surface area contributed by atoms with Gasteiger partial charge < -0.3 is 5.32 Å². The molecule has 0 spiro atoms. The molecule has 0 aliphatic heterocycles. The van der Waals surface area contributed by atoms with Crippen molar-refractivity contribution in [1.82, 2.24) is 10.2 Å². The van der Waals surface area contributed by atoms with E-state index in [1.807, 2.05) is 43.1 Å². The molecule has 0 heterocycles. The molecular formula is C18H24ClN3O. The Bertz CT molecular complexity index is 573. The van der Waals surface area contributed by atoms with Crippen LogP contribution in [-0.4, -0.2) is 29.4 Å². The van der Waals surface area contributed by atoms with E-state index in [-0.39, 0.29) is 11.9 Å². The number of hydrogen-bond donors (Lipinski definition) is 1. The minimum absolute atomic E-state index is 0.0788. The first-order chi connectivity index (χ1) is 11.0. The van der Waals surface area contributed by atoms with E-state index in [9.17, 15) is 10.1 Å². The first kappa shape index (κ1) is 17.8. The first-order valence-electron chi connectivity index (χ1n) is 8.14. The Labute approximate surface area is 143 Å². The monoisotopic (exact) mass is 333 g/mol. The summed E-state index contributed by atoms with van der Waals surface area (Å²) in [5.41, 5.74) is 0.425. The number of nitriles is 1. The van der Waals surface area contributed by atoms with Crippen molar-refractivity contribution in [3.05, 3.63) is 34.9 Å². The summed E-state index contributed by atoms with van der Waals surface area (Å²) in [4.78, 5) is 14.5. The highest BCUT2D eigenvalue weighted by molar-refractivity contribution is 6.30. The molecule has 0 aromatic heterocycles. The number of carbonyl (C=O) groups is 1. The van der Waals surface area contributed by atoms with Gasteiger partial charge in [0.15, 0.2) is 0 Å². The summed E-state index contributed by atoms with van der Waals surface area (Å²) in [6, 6.07) is 9.66. The summed E-state index contributed by atoms with van der Waals surface area (Å²) in [6.45, 7) is 2.53. The van der Waals surface area contributed by atoms with Crippen LogP contribution in [0, 0.1) is 11.3 Å². The van der Waals surface area contributed by atoms with Crippen LogP contribution in [0.4, 0.5) is 0 Å². The maximum atomic E-state index is 12.5. The smallest absolute Gasteiger partial charge is 0.238 e. The molecule has 1 aliphatic carbocycles. The highest BCUT2D eigenvalue weighted by Gasteiger charge is 2.35. The predicted molar refractivity (Wildman–Crippen MR) is 92.0 cm³/mol. The van der Waals surface area contributed by atoms with Gasteiger partial charge in [-0.05, 0) is 44.5 Å². The summed E-state index contributed by atoms with van der Waals surface area (Å²) in [7, 11) is 1.92. The summed E-state index contributed by atoms with van der Waals surface area (Å²) >= 11 is 5.89. The molecule has 1 aromatic carbocycles. The van der Waals surface area contributed by atoms with Gasteiger partial charge in [0.05, 0.1) is 12.1 Å². The predicted octanol–water partition coefficient (Wildman–Crippen LogP) is 3.50. The van der Waals surface area contributed by atoms with E-state index in [4.69, 9.17) is 11.6 Å². The zero-order valence-corrected chi connectivity index (χ0v) is 14.6. The van der Waals surface area contributed by atoms with Gasteiger partial charge in [0, 0.05) is 11.6 Å². The Morgan fingerprint density at radius 2 is 1.96 bits per heavy atom. The molecular weight excluding hydrogens is 310 g/mol. The number of hydrogen-bond acceptors (Lipinski definition) is 3. The molecule has 0 unspecified atom stereocenters. The van der Waals surface area contributed by atoms with Crippen molar-refractivity contribution in [2.24, 2.45) is 0 Å². The number of likely N-dealkylation sites (N-methyl/N-ethyl adjacent to an activating group) is 1. The fraction of sp³-hybridized carbons (Fsp3) is 0.556. The lowest BCUT2D eigenvalue weighted by Crippen LogP contribution is -2.54. The van der Waals surface area contributed by atoms with Gasteiger partial charge in [0.25, 0.3) is 0 Å². The average molecular weight is 334 g/mol. The topological polar surface area (TPSA) is 56.1 Å². The third kappa shape index (κ3) is 4.70. The molecule has 1 aromatic rings. The van der Waals surface area contributed by atoms with Crippen LogP contribution in [0.25, 0.3) is 0 Å². The number of carbonyl (C=O) groups excluding carboxylic acids is 1. The molecule has 1 fully saturated rings. The van der Waals surface area contributed by atoms with Crippen LogP contribution < -0.4 is 5.32 Å². The van der Waals surface area contributed by atoms with Gasteiger partial charge in [-0.2, -0.15) is 5.26 Å². The summed E-state index contributed by atoms with van der Waals surface area (Å²) in [5, 5.41) is 13.2. The van der Waals surface area contributed by atoms with Gasteiger partial charge in [-0.1, -0.05) is 43.0 Å². The number of halogens is 1. The third-order valence-corrected chi connectivity index (χ3v) is 4.92. The van der Waals surface area contributed by atoms with Crippen molar-refractivity contribution in [2.75, 3.05) is 7.05 Å². The molecule has 1 N–H and O–H groups in total. The molecule has 1 aliphatic rings. The number of benzene rings is 1. The van der Waals surface area contributed by atoms with Crippen LogP contribution in [-0.2, 0) is 11.3 Å². The zero-order chi connectivity index (χ0) is 16.9. The highest BCUT2D eigenvalue weighted by atomic mass is 35.5. The molecule has 0 radical (unpaired) electrons. The quantitative estimate of drug-likeness (QED) is 0.897. The lowest BCUT2D eigenvalue weighted by Gasteiger charge is -2.34. The molecule has 124 valence electrons. The second kappa shape index (κ2) is 7.81. The lowest BCUT2D eigenvalue weighted by molar-refractivity contribution is -0.127. The normalized spacial score (nSPS) is 18.2. The van der Waals surface area contributed by atoms with E-state index in [0.717, 1.165) is 37.7 Å². The molecule has 5 heteroatoms. The third-order valence-electron chi connectivity index (χ3n) is 4.67. The van der Waals surface area contributed by atoms with Gasteiger partial charge in [-0.3, -0.25) is 9.69 Å². The van der Waals surface area contributed by atoms with Gasteiger partial charge in [-0.25, -0.2) is 0 Å². The Balaban J connectivity index is 1.95. The van der Waals surface area contributed by atoms with Gasteiger partial charge in [0.1, 0.15) is 5.54 Å². The van der Waals surface area contributed by atoms with Crippen LogP contribution in [0.1, 0.15) is 44.6 Å². The molecule has 1 amide bonds. The highest BCUT2D eigenvalue weighted by Crippen LogP contribution is 2.27. The Morgan fingerprint density at radius 1 is 1.35 bits per heavy atom. The van der Waals surface area contributed by atoms with Crippen LogP contribution in [0.2, 0.25) is 5.02 Å².